The van der Waals surface area contributed by atoms with Crippen LogP contribution in [0.1, 0.15) is 53.6 Å². The van der Waals surface area contributed by atoms with Gasteiger partial charge in [0.05, 0.1) is 0 Å². The average Bonchev–Trinajstić information content (AvgIpc) is 2.50. The molecule has 0 aromatic heterocycles. The Bertz CT molecular complexity index is 642. The van der Waals surface area contributed by atoms with E-state index in [0.717, 1.165) is 0 Å². The minimum absolute atomic E-state index is 0.346. The van der Waals surface area contributed by atoms with E-state index in [4.69, 9.17) is 0 Å². The Hall–Kier alpha value is -1.76. The molecule has 0 bridgehead atoms. The summed E-state index contributed by atoms with van der Waals surface area (Å²) in [6, 6.07) is 13.8. The lowest BCUT2D eigenvalue weighted by Gasteiger charge is -2.24. The van der Waals surface area contributed by atoms with Crippen molar-refractivity contribution in [2.45, 2.75) is 52.5 Å². The Morgan fingerprint density at radius 1 is 1.00 bits per heavy atom. The summed E-state index contributed by atoms with van der Waals surface area (Å²) in [7, 11) is 0. The molecule has 1 unspecified atom stereocenters. The summed E-state index contributed by atoms with van der Waals surface area (Å²) in [5.41, 5.74) is 8.52. The maximum Gasteiger partial charge on any atom is 0.0488 e. The first-order valence-electron chi connectivity index (χ1n) is 8.09. The summed E-state index contributed by atoms with van der Waals surface area (Å²) < 4.78 is 0. The molecule has 0 spiro atoms. The number of anilines is 1. The second kappa shape index (κ2) is 5.93. The lowest BCUT2D eigenvalue weighted by atomic mass is 9.90. The van der Waals surface area contributed by atoms with Crippen molar-refractivity contribution in [1.29, 1.82) is 0 Å². The molecular weight excluding hydrogens is 254 g/mol. The lowest BCUT2D eigenvalue weighted by molar-refractivity contribution is 0.685. The summed E-state index contributed by atoms with van der Waals surface area (Å²) >= 11 is 0. The predicted octanol–water partition coefficient (Wildman–Crippen LogP) is 5.36. The third-order valence-corrected chi connectivity index (χ3v) is 4.67. The van der Waals surface area contributed by atoms with Crippen molar-refractivity contribution < 1.29 is 0 Å². The molecular formula is C20H25N. The van der Waals surface area contributed by atoms with Crippen molar-refractivity contribution in [1.82, 2.24) is 0 Å². The van der Waals surface area contributed by atoms with Crippen molar-refractivity contribution in [3.05, 3.63) is 64.2 Å². The summed E-state index contributed by atoms with van der Waals surface area (Å²) in [5, 5.41) is 3.75. The lowest BCUT2D eigenvalue weighted by Crippen LogP contribution is -2.12. The smallest absolute Gasteiger partial charge is 0.0488 e. The number of fused-ring (bicyclic) bond motifs is 1. The van der Waals surface area contributed by atoms with Crippen LogP contribution in [0.5, 0.6) is 0 Å². The quantitative estimate of drug-likeness (QED) is 0.798. The Labute approximate surface area is 128 Å². The van der Waals surface area contributed by atoms with Gasteiger partial charge in [-0.25, -0.2) is 0 Å². The van der Waals surface area contributed by atoms with Crippen LogP contribution in [0.3, 0.4) is 0 Å². The van der Waals surface area contributed by atoms with Gasteiger partial charge in [0.2, 0.25) is 0 Å². The van der Waals surface area contributed by atoms with Gasteiger partial charge in [-0.1, -0.05) is 35.9 Å². The van der Waals surface area contributed by atoms with Crippen molar-refractivity contribution in [2.24, 2.45) is 0 Å². The van der Waals surface area contributed by atoms with E-state index in [9.17, 15) is 0 Å². The van der Waals surface area contributed by atoms with Crippen LogP contribution in [0.25, 0.3) is 0 Å². The fraction of sp³-hybridized carbons (Fsp3) is 0.400. The molecule has 0 fully saturated rings. The molecule has 1 N–H and O–H groups in total. The zero-order chi connectivity index (χ0) is 14.8. The molecule has 110 valence electrons. The summed E-state index contributed by atoms with van der Waals surface area (Å²) in [6.07, 6.45) is 5.12. The monoisotopic (exact) mass is 279 g/mol. The molecule has 1 nitrogen and oxygen atoms in total. The molecule has 0 saturated heterocycles. The highest BCUT2D eigenvalue weighted by Gasteiger charge is 2.15. The van der Waals surface area contributed by atoms with E-state index in [1.807, 2.05) is 0 Å². The molecule has 3 rings (SSSR count). The van der Waals surface area contributed by atoms with E-state index in [1.54, 1.807) is 11.1 Å². The predicted molar refractivity (Wildman–Crippen MR) is 91.0 cm³/mol. The second-order valence-corrected chi connectivity index (χ2v) is 6.38. The summed E-state index contributed by atoms with van der Waals surface area (Å²) in [4.78, 5) is 0. The molecule has 0 aliphatic heterocycles. The topological polar surface area (TPSA) is 12.0 Å². The molecule has 2 aromatic carbocycles. The van der Waals surface area contributed by atoms with Gasteiger partial charge in [-0.15, -0.1) is 0 Å². The second-order valence-electron chi connectivity index (χ2n) is 6.38. The van der Waals surface area contributed by atoms with Gasteiger partial charge in [-0.2, -0.15) is 0 Å². The van der Waals surface area contributed by atoms with Gasteiger partial charge in [0.15, 0.2) is 0 Å². The number of aryl methyl sites for hydroxylation is 3. The molecule has 1 aliphatic rings. The van der Waals surface area contributed by atoms with E-state index in [2.05, 4.69) is 62.5 Å². The first-order chi connectivity index (χ1) is 10.1. The van der Waals surface area contributed by atoms with E-state index >= 15 is 0 Å². The maximum atomic E-state index is 3.75. The van der Waals surface area contributed by atoms with Gasteiger partial charge >= 0.3 is 0 Å². The van der Waals surface area contributed by atoms with Gasteiger partial charge < -0.3 is 5.32 Å². The van der Waals surface area contributed by atoms with E-state index in [0.29, 0.717) is 6.04 Å². The Balaban J connectivity index is 1.88. The minimum Gasteiger partial charge on any atom is -0.378 e. The van der Waals surface area contributed by atoms with Crippen molar-refractivity contribution >= 4 is 5.69 Å². The van der Waals surface area contributed by atoms with Gasteiger partial charge in [-0.05, 0) is 74.8 Å². The number of benzene rings is 2. The SMILES string of the molecule is Cc1ccc(C)c(C(C)Nc2cccc3c2CCCC3)c1. The number of hydrogen-bond acceptors (Lipinski definition) is 1. The normalized spacial score (nSPS) is 15.4. The largest absolute Gasteiger partial charge is 0.378 e. The zero-order valence-corrected chi connectivity index (χ0v) is 13.4. The van der Waals surface area contributed by atoms with E-state index < -0.39 is 0 Å². The molecule has 1 atom stereocenters. The van der Waals surface area contributed by atoms with Gasteiger partial charge in [0, 0.05) is 11.7 Å². The van der Waals surface area contributed by atoms with Crippen LogP contribution in [-0.4, -0.2) is 0 Å². The molecule has 1 heteroatoms. The van der Waals surface area contributed by atoms with Crippen molar-refractivity contribution in [3.8, 4) is 0 Å². The first-order valence-corrected chi connectivity index (χ1v) is 8.09. The van der Waals surface area contributed by atoms with Gasteiger partial charge in [0.25, 0.3) is 0 Å². The Kier molecular flexibility index (Phi) is 4.01. The highest BCUT2D eigenvalue weighted by Crippen LogP contribution is 2.31. The Morgan fingerprint density at radius 3 is 2.67 bits per heavy atom. The first kappa shape index (κ1) is 14.2. The minimum atomic E-state index is 0.346. The van der Waals surface area contributed by atoms with E-state index in [1.165, 1.54) is 48.1 Å². The number of nitrogens with one attached hydrogen (secondary N) is 1. The van der Waals surface area contributed by atoms with Crippen LogP contribution < -0.4 is 5.32 Å². The Morgan fingerprint density at radius 2 is 1.81 bits per heavy atom. The van der Waals surface area contributed by atoms with Crippen molar-refractivity contribution in [3.63, 3.8) is 0 Å². The molecule has 2 aromatic rings. The summed E-state index contributed by atoms with van der Waals surface area (Å²) in [6.45, 7) is 6.64. The van der Waals surface area contributed by atoms with Crippen molar-refractivity contribution in [2.75, 3.05) is 5.32 Å². The maximum absolute atomic E-state index is 3.75. The number of rotatable bonds is 3. The van der Waals surface area contributed by atoms with Crippen LogP contribution in [-0.2, 0) is 12.8 Å². The van der Waals surface area contributed by atoms with Gasteiger partial charge in [-0.3, -0.25) is 0 Å². The highest BCUT2D eigenvalue weighted by atomic mass is 14.9. The van der Waals surface area contributed by atoms with Crippen LogP contribution >= 0.6 is 0 Å². The standard InChI is InChI=1S/C20H25N/c1-14-11-12-15(2)19(13-14)16(3)21-20-10-6-8-17-7-4-5-9-18(17)20/h6,8,10-13,16,21H,4-5,7,9H2,1-3H3. The molecule has 21 heavy (non-hydrogen) atoms. The number of hydrogen-bond donors (Lipinski definition) is 1. The molecule has 0 radical (unpaired) electrons. The zero-order valence-electron chi connectivity index (χ0n) is 13.4. The third-order valence-electron chi connectivity index (χ3n) is 4.67. The molecule has 0 amide bonds. The van der Waals surface area contributed by atoms with Crippen LogP contribution in [0.4, 0.5) is 5.69 Å². The van der Waals surface area contributed by atoms with E-state index in [-0.39, 0.29) is 0 Å². The highest BCUT2D eigenvalue weighted by molar-refractivity contribution is 5.57. The summed E-state index contributed by atoms with van der Waals surface area (Å²) in [5.74, 6) is 0. The average molecular weight is 279 g/mol. The molecule has 0 saturated carbocycles. The third kappa shape index (κ3) is 2.97. The fourth-order valence-corrected chi connectivity index (χ4v) is 3.45. The van der Waals surface area contributed by atoms with Crippen LogP contribution in [0, 0.1) is 13.8 Å². The van der Waals surface area contributed by atoms with Crippen LogP contribution in [0.2, 0.25) is 0 Å². The fourth-order valence-electron chi connectivity index (χ4n) is 3.45. The van der Waals surface area contributed by atoms with Gasteiger partial charge in [0.1, 0.15) is 0 Å². The molecule has 0 heterocycles. The van der Waals surface area contributed by atoms with Crippen LogP contribution in [0.15, 0.2) is 36.4 Å². The molecule has 1 aliphatic carbocycles.